The highest BCUT2D eigenvalue weighted by Crippen LogP contribution is 2.27. The molecule has 21 heavy (non-hydrogen) atoms. The Morgan fingerprint density at radius 2 is 2.14 bits per heavy atom. The van der Waals surface area contributed by atoms with Crippen LogP contribution in [0.15, 0.2) is 15.9 Å². The van der Waals surface area contributed by atoms with E-state index in [1.807, 2.05) is 11.3 Å². The molecule has 3 atom stereocenters. The molecular formula is C17H29BrN2S. The predicted molar refractivity (Wildman–Crippen MR) is 96.9 cm³/mol. The lowest BCUT2D eigenvalue weighted by atomic mass is 9.92. The summed E-state index contributed by atoms with van der Waals surface area (Å²) in [6, 6.07) is 5.75. The number of hydrogen-bond acceptors (Lipinski definition) is 3. The van der Waals surface area contributed by atoms with E-state index in [1.54, 1.807) is 0 Å². The largest absolute Gasteiger partial charge is 0.311 e. The maximum Gasteiger partial charge on any atom is 0.0701 e. The molecule has 0 spiro atoms. The van der Waals surface area contributed by atoms with Crippen molar-refractivity contribution >= 4 is 27.3 Å². The van der Waals surface area contributed by atoms with Crippen molar-refractivity contribution < 1.29 is 0 Å². The molecule has 1 N–H and O–H groups in total. The Balaban J connectivity index is 2.04. The molecule has 0 radical (unpaired) electrons. The molecule has 1 fully saturated rings. The third-order valence-corrected chi connectivity index (χ3v) is 6.19. The summed E-state index contributed by atoms with van der Waals surface area (Å²) in [5.74, 6) is 1.52. The molecule has 2 rings (SSSR count). The molecule has 0 bridgehead atoms. The van der Waals surface area contributed by atoms with Gasteiger partial charge in [-0.3, -0.25) is 4.90 Å². The maximum atomic E-state index is 3.79. The molecule has 1 aromatic heterocycles. The van der Waals surface area contributed by atoms with Crippen LogP contribution in [0.5, 0.6) is 0 Å². The molecule has 120 valence electrons. The lowest BCUT2D eigenvalue weighted by Crippen LogP contribution is -2.58. The molecule has 3 unspecified atom stereocenters. The van der Waals surface area contributed by atoms with E-state index < -0.39 is 0 Å². The number of rotatable bonds is 6. The van der Waals surface area contributed by atoms with Gasteiger partial charge in [-0.05, 0) is 46.3 Å². The Kier molecular flexibility index (Phi) is 6.73. The van der Waals surface area contributed by atoms with Crippen molar-refractivity contribution in [3.63, 3.8) is 0 Å². The summed E-state index contributed by atoms with van der Waals surface area (Å²) in [4.78, 5) is 4.19. The molecule has 0 amide bonds. The van der Waals surface area contributed by atoms with Crippen LogP contribution in [-0.2, 0) is 6.54 Å². The fourth-order valence-electron chi connectivity index (χ4n) is 3.28. The summed E-state index contributed by atoms with van der Waals surface area (Å²) in [6.45, 7) is 12.8. The van der Waals surface area contributed by atoms with E-state index in [9.17, 15) is 0 Å². The van der Waals surface area contributed by atoms with Crippen LogP contribution in [0, 0.1) is 11.8 Å². The Hall–Kier alpha value is 0.1000. The van der Waals surface area contributed by atoms with Gasteiger partial charge in [0.2, 0.25) is 0 Å². The molecule has 1 aliphatic rings. The number of nitrogens with one attached hydrogen (secondary N) is 1. The summed E-state index contributed by atoms with van der Waals surface area (Å²) >= 11 is 5.46. The summed E-state index contributed by atoms with van der Waals surface area (Å²) in [7, 11) is 0. The SMILES string of the molecule is CCC(C)C1CNC(CC(C)C)CN1Cc1ccc(Br)s1. The summed E-state index contributed by atoms with van der Waals surface area (Å²) in [5.41, 5.74) is 0. The summed E-state index contributed by atoms with van der Waals surface area (Å²) in [6.07, 6.45) is 2.53. The van der Waals surface area contributed by atoms with E-state index in [1.165, 1.54) is 28.0 Å². The van der Waals surface area contributed by atoms with Gasteiger partial charge in [-0.25, -0.2) is 0 Å². The molecule has 2 nitrogen and oxygen atoms in total. The average Bonchev–Trinajstić information content (AvgIpc) is 2.83. The average molecular weight is 373 g/mol. The van der Waals surface area contributed by atoms with Crippen LogP contribution in [0.1, 0.15) is 45.4 Å². The van der Waals surface area contributed by atoms with Crippen LogP contribution in [0.4, 0.5) is 0 Å². The van der Waals surface area contributed by atoms with Crippen molar-refractivity contribution in [2.75, 3.05) is 13.1 Å². The lowest BCUT2D eigenvalue weighted by molar-refractivity contribution is 0.0797. The topological polar surface area (TPSA) is 15.3 Å². The summed E-state index contributed by atoms with van der Waals surface area (Å²) < 4.78 is 1.24. The second kappa shape index (κ2) is 8.09. The quantitative estimate of drug-likeness (QED) is 0.775. The molecule has 2 heterocycles. The van der Waals surface area contributed by atoms with Crippen molar-refractivity contribution in [2.24, 2.45) is 11.8 Å². The van der Waals surface area contributed by atoms with Gasteiger partial charge in [-0.1, -0.05) is 34.1 Å². The second-order valence-corrected chi connectivity index (χ2v) is 9.37. The van der Waals surface area contributed by atoms with E-state index in [0.29, 0.717) is 12.1 Å². The Labute approximate surface area is 142 Å². The number of piperazine rings is 1. The minimum Gasteiger partial charge on any atom is -0.311 e. The minimum absolute atomic E-state index is 0.647. The van der Waals surface area contributed by atoms with Crippen molar-refractivity contribution in [1.82, 2.24) is 10.2 Å². The first-order chi connectivity index (χ1) is 9.99. The Morgan fingerprint density at radius 3 is 2.71 bits per heavy atom. The lowest BCUT2D eigenvalue weighted by Gasteiger charge is -2.43. The van der Waals surface area contributed by atoms with Gasteiger partial charge in [-0.15, -0.1) is 11.3 Å². The van der Waals surface area contributed by atoms with Crippen molar-refractivity contribution in [3.05, 3.63) is 20.8 Å². The van der Waals surface area contributed by atoms with E-state index in [-0.39, 0.29) is 0 Å². The molecule has 1 saturated heterocycles. The highest BCUT2D eigenvalue weighted by molar-refractivity contribution is 9.11. The van der Waals surface area contributed by atoms with E-state index in [2.05, 4.69) is 66.0 Å². The third kappa shape index (κ3) is 5.05. The van der Waals surface area contributed by atoms with Crippen LogP contribution < -0.4 is 5.32 Å². The molecule has 1 aliphatic heterocycles. The van der Waals surface area contributed by atoms with Gasteiger partial charge in [0.05, 0.1) is 3.79 Å². The van der Waals surface area contributed by atoms with Crippen LogP contribution in [0.3, 0.4) is 0 Å². The van der Waals surface area contributed by atoms with Crippen LogP contribution >= 0.6 is 27.3 Å². The van der Waals surface area contributed by atoms with Gasteiger partial charge in [0.15, 0.2) is 0 Å². The van der Waals surface area contributed by atoms with Crippen LogP contribution in [0.2, 0.25) is 0 Å². The highest BCUT2D eigenvalue weighted by atomic mass is 79.9. The molecular weight excluding hydrogens is 344 g/mol. The fraction of sp³-hybridized carbons (Fsp3) is 0.765. The van der Waals surface area contributed by atoms with Gasteiger partial charge in [0.25, 0.3) is 0 Å². The van der Waals surface area contributed by atoms with Gasteiger partial charge >= 0.3 is 0 Å². The zero-order valence-corrected chi connectivity index (χ0v) is 16.1. The number of hydrogen-bond donors (Lipinski definition) is 1. The Morgan fingerprint density at radius 1 is 1.38 bits per heavy atom. The first kappa shape index (κ1) is 17.5. The molecule has 0 aromatic carbocycles. The first-order valence-electron chi connectivity index (χ1n) is 8.21. The standard InChI is InChI=1S/C17H29BrN2S/c1-5-13(4)16-9-19-14(8-12(2)3)10-20(16)11-15-6-7-17(18)21-15/h6-7,12-14,16,19H,5,8-11H2,1-4H3. The number of halogens is 1. The van der Waals surface area contributed by atoms with Gasteiger partial charge in [-0.2, -0.15) is 0 Å². The number of thiophene rings is 1. The van der Waals surface area contributed by atoms with E-state index in [0.717, 1.165) is 24.9 Å². The third-order valence-electron chi connectivity index (χ3n) is 4.58. The predicted octanol–water partition coefficient (Wildman–Crippen LogP) is 4.75. The van der Waals surface area contributed by atoms with E-state index in [4.69, 9.17) is 0 Å². The first-order valence-corrected chi connectivity index (χ1v) is 9.82. The highest BCUT2D eigenvalue weighted by Gasteiger charge is 2.31. The minimum atomic E-state index is 0.647. The zero-order valence-electron chi connectivity index (χ0n) is 13.7. The monoisotopic (exact) mass is 372 g/mol. The van der Waals surface area contributed by atoms with Crippen molar-refractivity contribution in [1.29, 1.82) is 0 Å². The van der Waals surface area contributed by atoms with Gasteiger partial charge in [0, 0.05) is 36.6 Å². The maximum absolute atomic E-state index is 3.79. The van der Waals surface area contributed by atoms with Crippen molar-refractivity contribution in [2.45, 2.75) is 59.2 Å². The van der Waals surface area contributed by atoms with Crippen molar-refractivity contribution in [3.8, 4) is 0 Å². The molecule has 0 aliphatic carbocycles. The molecule has 1 aromatic rings. The molecule has 0 saturated carbocycles. The van der Waals surface area contributed by atoms with Gasteiger partial charge in [0.1, 0.15) is 0 Å². The summed E-state index contributed by atoms with van der Waals surface area (Å²) in [5, 5.41) is 3.79. The fourth-order valence-corrected chi connectivity index (χ4v) is 4.79. The second-order valence-electron chi connectivity index (χ2n) is 6.82. The molecule has 4 heteroatoms. The normalized spacial score (nSPS) is 25.4. The van der Waals surface area contributed by atoms with Crippen LogP contribution in [0.25, 0.3) is 0 Å². The van der Waals surface area contributed by atoms with E-state index >= 15 is 0 Å². The smallest absolute Gasteiger partial charge is 0.0701 e. The Bertz CT molecular complexity index is 432. The van der Waals surface area contributed by atoms with Crippen LogP contribution in [-0.4, -0.2) is 30.1 Å². The van der Waals surface area contributed by atoms with Gasteiger partial charge < -0.3 is 5.32 Å². The zero-order chi connectivity index (χ0) is 15.4. The number of nitrogens with zero attached hydrogens (tertiary/aromatic N) is 1.